The highest BCUT2D eigenvalue weighted by Gasteiger charge is 2.18. The maximum absolute atomic E-state index is 5.40. The lowest BCUT2D eigenvalue weighted by Crippen LogP contribution is -2.43. The molecule has 1 aromatic heterocycles. The Labute approximate surface area is 95.6 Å². The Hall–Kier alpha value is -1.17. The van der Waals surface area contributed by atoms with Crippen LogP contribution in [0.25, 0.3) is 0 Å². The highest BCUT2D eigenvalue weighted by molar-refractivity contribution is 5.33. The average molecular weight is 222 g/mol. The zero-order chi connectivity index (χ0) is 11.4. The number of nitrogens with zero attached hydrogens (tertiary/aromatic N) is 2. The van der Waals surface area contributed by atoms with Gasteiger partial charge < -0.3 is 10.2 Å². The van der Waals surface area contributed by atoms with E-state index in [1.165, 1.54) is 0 Å². The number of rotatable bonds is 3. The zero-order valence-corrected chi connectivity index (χ0v) is 9.52. The van der Waals surface area contributed by atoms with Crippen LogP contribution in [-0.2, 0) is 11.3 Å². The first-order chi connectivity index (χ1) is 7.79. The summed E-state index contributed by atoms with van der Waals surface area (Å²) >= 11 is 0. The van der Waals surface area contributed by atoms with E-state index in [9.17, 15) is 0 Å². The molecular weight excluding hydrogens is 204 g/mol. The summed E-state index contributed by atoms with van der Waals surface area (Å²) in [5.74, 6) is 6.04. The number of nitrogens with one attached hydrogen (secondary N) is 1. The Morgan fingerprint density at radius 3 is 3.25 bits per heavy atom. The van der Waals surface area contributed by atoms with E-state index in [0.29, 0.717) is 11.9 Å². The number of hydrogen-bond donors (Lipinski definition) is 2. The molecule has 1 aliphatic rings. The van der Waals surface area contributed by atoms with Gasteiger partial charge in [0.05, 0.1) is 18.9 Å². The molecule has 0 spiro atoms. The summed E-state index contributed by atoms with van der Waals surface area (Å²) in [5, 5.41) is 0. The van der Waals surface area contributed by atoms with Gasteiger partial charge in [0, 0.05) is 19.1 Å². The lowest BCUT2D eigenvalue weighted by Gasteiger charge is -2.32. The summed E-state index contributed by atoms with van der Waals surface area (Å²) in [6, 6.07) is 6.28. The molecule has 0 bridgehead atoms. The van der Waals surface area contributed by atoms with E-state index in [-0.39, 0.29) is 0 Å². The van der Waals surface area contributed by atoms with Crippen molar-refractivity contribution >= 4 is 5.82 Å². The fourth-order valence-electron chi connectivity index (χ4n) is 1.85. The maximum atomic E-state index is 5.40. The molecule has 16 heavy (non-hydrogen) atoms. The van der Waals surface area contributed by atoms with Gasteiger partial charge in [-0.3, -0.25) is 4.90 Å². The molecule has 0 saturated carbocycles. The molecule has 2 heterocycles. The van der Waals surface area contributed by atoms with Crippen LogP contribution in [0.2, 0.25) is 0 Å². The van der Waals surface area contributed by atoms with Crippen molar-refractivity contribution in [1.82, 2.24) is 9.88 Å². The average Bonchev–Trinajstić information content (AvgIpc) is 2.32. The molecule has 0 amide bonds. The second kappa shape index (κ2) is 5.25. The zero-order valence-electron chi connectivity index (χ0n) is 9.52. The molecule has 1 fully saturated rings. The van der Waals surface area contributed by atoms with Crippen molar-refractivity contribution in [2.24, 2.45) is 5.84 Å². The molecule has 88 valence electrons. The molecule has 5 heteroatoms. The topological polar surface area (TPSA) is 63.4 Å². The van der Waals surface area contributed by atoms with Gasteiger partial charge in [0.15, 0.2) is 0 Å². The third-order valence-electron chi connectivity index (χ3n) is 2.82. The van der Waals surface area contributed by atoms with Crippen molar-refractivity contribution in [3.05, 3.63) is 23.9 Å². The molecule has 1 aromatic rings. The maximum Gasteiger partial charge on any atom is 0.140 e. The van der Waals surface area contributed by atoms with Crippen LogP contribution in [-0.4, -0.2) is 35.7 Å². The number of ether oxygens (including phenoxy) is 1. The van der Waals surface area contributed by atoms with E-state index in [0.717, 1.165) is 32.0 Å². The smallest absolute Gasteiger partial charge is 0.140 e. The van der Waals surface area contributed by atoms with E-state index in [1.54, 1.807) is 0 Å². The molecule has 0 aromatic carbocycles. The minimum atomic E-state index is 0.449. The largest absolute Gasteiger partial charge is 0.379 e. The van der Waals surface area contributed by atoms with E-state index in [4.69, 9.17) is 10.6 Å². The van der Waals surface area contributed by atoms with Gasteiger partial charge in [0.2, 0.25) is 0 Å². The monoisotopic (exact) mass is 222 g/mol. The Morgan fingerprint density at radius 2 is 2.50 bits per heavy atom. The highest BCUT2D eigenvalue weighted by atomic mass is 16.5. The fraction of sp³-hybridized carbons (Fsp3) is 0.545. The molecule has 2 rings (SSSR count). The van der Waals surface area contributed by atoms with Crippen molar-refractivity contribution in [2.75, 3.05) is 25.2 Å². The van der Waals surface area contributed by atoms with Crippen LogP contribution in [0.1, 0.15) is 12.6 Å². The minimum Gasteiger partial charge on any atom is -0.379 e. The Balaban J connectivity index is 2.01. The number of hydrazine groups is 1. The van der Waals surface area contributed by atoms with Crippen LogP contribution in [0.5, 0.6) is 0 Å². The fourth-order valence-corrected chi connectivity index (χ4v) is 1.85. The predicted octanol–water partition coefficient (Wildman–Crippen LogP) is 0.588. The quantitative estimate of drug-likeness (QED) is 0.579. The van der Waals surface area contributed by atoms with Gasteiger partial charge in [-0.2, -0.15) is 0 Å². The first-order valence-corrected chi connectivity index (χ1v) is 5.54. The Morgan fingerprint density at radius 1 is 1.62 bits per heavy atom. The normalized spacial score (nSPS) is 22.0. The highest BCUT2D eigenvalue weighted by Crippen LogP contribution is 2.11. The lowest BCUT2D eigenvalue weighted by atomic mass is 10.2. The van der Waals surface area contributed by atoms with Crippen molar-refractivity contribution in [3.8, 4) is 0 Å². The van der Waals surface area contributed by atoms with Crippen molar-refractivity contribution in [1.29, 1.82) is 0 Å². The van der Waals surface area contributed by atoms with Crippen LogP contribution >= 0.6 is 0 Å². The van der Waals surface area contributed by atoms with Gasteiger partial charge in [0.1, 0.15) is 5.82 Å². The summed E-state index contributed by atoms with van der Waals surface area (Å²) in [6.07, 6.45) is 0. The number of nitrogen functional groups attached to an aromatic ring is 1. The standard InChI is InChI=1S/C11H18N4O/c1-9-8-16-6-5-15(9)7-10-3-2-4-11(13-10)14-12/h2-4,9H,5-8,12H2,1H3,(H,13,14). The van der Waals surface area contributed by atoms with Crippen LogP contribution < -0.4 is 11.3 Å². The predicted molar refractivity (Wildman–Crippen MR) is 62.7 cm³/mol. The van der Waals surface area contributed by atoms with Crippen molar-refractivity contribution < 1.29 is 4.74 Å². The first-order valence-electron chi connectivity index (χ1n) is 5.54. The number of hydrogen-bond acceptors (Lipinski definition) is 5. The van der Waals surface area contributed by atoms with Crippen LogP contribution in [0.3, 0.4) is 0 Å². The van der Waals surface area contributed by atoms with E-state index >= 15 is 0 Å². The molecule has 5 nitrogen and oxygen atoms in total. The molecule has 0 aliphatic carbocycles. The van der Waals surface area contributed by atoms with E-state index < -0.39 is 0 Å². The third-order valence-corrected chi connectivity index (χ3v) is 2.82. The first kappa shape index (κ1) is 11.3. The molecule has 1 unspecified atom stereocenters. The number of nitrogens with two attached hydrogens (primary N) is 1. The van der Waals surface area contributed by atoms with Gasteiger partial charge in [-0.25, -0.2) is 10.8 Å². The van der Waals surface area contributed by atoms with E-state index in [1.807, 2.05) is 18.2 Å². The molecule has 3 N–H and O–H groups in total. The Kier molecular flexibility index (Phi) is 3.71. The van der Waals surface area contributed by atoms with E-state index in [2.05, 4.69) is 22.2 Å². The summed E-state index contributed by atoms with van der Waals surface area (Å²) in [6.45, 7) is 5.58. The molecular formula is C11H18N4O. The van der Waals surface area contributed by atoms with Crippen molar-refractivity contribution in [3.63, 3.8) is 0 Å². The molecule has 1 aliphatic heterocycles. The Bertz CT molecular complexity index is 345. The summed E-state index contributed by atoms with van der Waals surface area (Å²) in [5.41, 5.74) is 3.59. The summed E-state index contributed by atoms with van der Waals surface area (Å²) < 4.78 is 5.40. The molecule has 1 atom stereocenters. The van der Waals surface area contributed by atoms with Crippen LogP contribution in [0.4, 0.5) is 5.82 Å². The molecule has 1 saturated heterocycles. The van der Waals surface area contributed by atoms with Gasteiger partial charge in [-0.1, -0.05) is 6.07 Å². The number of anilines is 1. The van der Waals surface area contributed by atoms with Gasteiger partial charge >= 0.3 is 0 Å². The second-order valence-electron chi connectivity index (χ2n) is 4.05. The number of morpholine rings is 1. The number of aromatic nitrogens is 1. The summed E-state index contributed by atoms with van der Waals surface area (Å²) in [7, 11) is 0. The van der Waals surface area contributed by atoms with Crippen LogP contribution in [0.15, 0.2) is 18.2 Å². The summed E-state index contributed by atoms with van der Waals surface area (Å²) in [4.78, 5) is 6.77. The van der Waals surface area contributed by atoms with Crippen molar-refractivity contribution in [2.45, 2.75) is 19.5 Å². The van der Waals surface area contributed by atoms with Gasteiger partial charge in [-0.05, 0) is 19.1 Å². The number of pyridine rings is 1. The second-order valence-corrected chi connectivity index (χ2v) is 4.05. The third kappa shape index (κ3) is 2.69. The molecule has 0 radical (unpaired) electrons. The lowest BCUT2D eigenvalue weighted by molar-refractivity contribution is -0.00488. The minimum absolute atomic E-state index is 0.449. The van der Waals surface area contributed by atoms with Gasteiger partial charge in [-0.15, -0.1) is 0 Å². The van der Waals surface area contributed by atoms with Gasteiger partial charge in [0.25, 0.3) is 0 Å². The van der Waals surface area contributed by atoms with Crippen LogP contribution in [0, 0.1) is 0 Å². The SMILES string of the molecule is CC1COCCN1Cc1cccc(NN)n1.